The Hall–Kier alpha value is -1.37. The molecule has 0 saturated carbocycles. The van der Waals surface area contributed by atoms with Crippen LogP contribution in [0.4, 0.5) is 5.69 Å². The molecule has 0 aliphatic rings. The molecule has 1 atom stereocenters. The van der Waals surface area contributed by atoms with Crippen molar-refractivity contribution in [2.24, 2.45) is 0 Å². The van der Waals surface area contributed by atoms with E-state index in [9.17, 15) is 0 Å². The molecule has 0 saturated heterocycles. The topological polar surface area (TPSA) is 57.5 Å². The van der Waals surface area contributed by atoms with E-state index >= 15 is 0 Å². The molecule has 15 heavy (non-hydrogen) atoms. The van der Waals surface area contributed by atoms with Gasteiger partial charge < -0.3 is 11.2 Å². The molecule has 2 nitrogen and oxygen atoms in total. The van der Waals surface area contributed by atoms with Gasteiger partial charge in [0, 0.05) is 5.69 Å². The predicted octanol–water partition coefficient (Wildman–Crippen LogP) is 1.07. The van der Waals surface area contributed by atoms with Crippen LogP contribution in [0.3, 0.4) is 0 Å². The molecular weight excluding hydrogens is 205 g/mol. The third-order valence-electron chi connectivity index (χ3n) is 1.95. The SMILES string of the molecule is Nc1cccc(Pc2ccccc2)c1.O. The number of rotatable bonds is 2. The second-order valence-electron chi connectivity index (χ2n) is 3.12. The Labute approximate surface area is 91.2 Å². The first-order chi connectivity index (χ1) is 6.84. The van der Waals surface area contributed by atoms with Gasteiger partial charge in [0.05, 0.1) is 0 Å². The van der Waals surface area contributed by atoms with Crippen molar-refractivity contribution in [2.45, 2.75) is 0 Å². The highest BCUT2D eigenvalue weighted by Gasteiger charge is 1.94. The molecule has 78 valence electrons. The van der Waals surface area contributed by atoms with E-state index in [0.717, 1.165) is 5.69 Å². The van der Waals surface area contributed by atoms with Crippen molar-refractivity contribution in [3.63, 3.8) is 0 Å². The Morgan fingerprint density at radius 3 is 2.13 bits per heavy atom. The maximum Gasteiger partial charge on any atom is 0.0320 e. The molecule has 2 aromatic carbocycles. The Bertz CT molecular complexity index is 417. The number of nitrogen functional groups attached to an aromatic ring is 1. The van der Waals surface area contributed by atoms with E-state index in [1.165, 1.54) is 10.6 Å². The third kappa shape index (κ3) is 3.35. The largest absolute Gasteiger partial charge is 0.412 e. The average molecular weight is 219 g/mol. The molecule has 0 aliphatic heterocycles. The van der Waals surface area contributed by atoms with Gasteiger partial charge in [-0.3, -0.25) is 0 Å². The van der Waals surface area contributed by atoms with Gasteiger partial charge in [0.1, 0.15) is 0 Å². The lowest BCUT2D eigenvalue weighted by Gasteiger charge is -2.02. The van der Waals surface area contributed by atoms with Gasteiger partial charge in [0.2, 0.25) is 0 Å². The highest BCUT2D eigenvalue weighted by molar-refractivity contribution is 7.55. The van der Waals surface area contributed by atoms with E-state index in [1.54, 1.807) is 0 Å². The molecule has 0 aromatic heterocycles. The monoisotopic (exact) mass is 219 g/mol. The fraction of sp³-hybridized carbons (Fsp3) is 0. The smallest absolute Gasteiger partial charge is 0.0320 e. The van der Waals surface area contributed by atoms with Crippen LogP contribution >= 0.6 is 8.58 Å². The minimum Gasteiger partial charge on any atom is -0.412 e. The number of anilines is 1. The summed E-state index contributed by atoms with van der Waals surface area (Å²) in [7, 11) is 0.693. The molecule has 2 rings (SSSR count). The molecule has 0 amide bonds. The van der Waals surface area contributed by atoms with Crippen molar-refractivity contribution in [1.82, 2.24) is 0 Å². The summed E-state index contributed by atoms with van der Waals surface area (Å²) in [5.74, 6) is 0. The lowest BCUT2D eigenvalue weighted by molar-refractivity contribution is 0.824. The van der Waals surface area contributed by atoms with Crippen molar-refractivity contribution >= 4 is 24.9 Å². The van der Waals surface area contributed by atoms with E-state index in [2.05, 4.69) is 30.3 Å². The van der Waals surface area contributed by atoms with Gasteiger partial charge in [-0.1, -0.05) is 51.0 Å². The molecule has 0 heterocycles. The zero-order valence-electron chi connectivity index (χ0n) is 8.27. The number of hydrogen-bond acceptors (Lipinski definition) is 1. The standard InChI is InChI=1S/C12H12NP.H2O/c13-10-5-4-8-12(9-10)14-11-6-2-1-3-7-11;/h1-9,14H,13H2;1H2. The summed E-state index contributed by atoms with van der Waals surface area (Å²) in [6.07, 6.45) is 0. The first-order valence-corrected chi connectivity index (χ1v) is 5.52. The summed E-state index contributed by atoms with van der Waals surface area (Å²) in [5, 5.41) is 2.63. The van der Waals surface area contributed by atoms with Crippen LogP contribution in [-0.2, 0) is 0 Å². The molecule has 0 bridgehead atoms. The van der Waals surface area contributed by atoms with Crippen LogP contribution in [-0.4, -0.2) is 5.48 Å². The zero-order chi connectivity index (χ0) is 9.80. The number of hydrogen-bond donors (Lipinski definition) is 1. The van der Waals surface area contributed by atoms with E-state index in [0.29, 0.717) is 8.58 Å². The minimum atomic E-state index is 0. The fourth-order valence-corrected chi connectivity index (χ4v) is 2.42. The third-order valence-corrected chi connectivity index (χ3v) is 3.17. The lowest BCUT2D eigenvalue weighted by atomic mass is 10.3. The van der Waals surface area contributed by atoms with Gasteiger partial charge in [-0.15, -0.1) is 0 Å². The van der Waals surface area contributed by atoms with E-state index in [4.69, 9.17) is 5.73 Å². The Morgan fingerprint density at radius 2 is 1.47 bits per heavy atom. The second-order valence-corrected chi connectivity index (χ2v) is 4.52. The summed E-state index contributed by atoms with van der Waals surface area (Å²) in [4.78, 5) is 0. The molecule has 0 aliphatic carbocycles. The van der Waals surface area contributed by atoms with Gasteiger partial charge in [0.25, 0.3) is 0 Å². The summed E-state index contributed by atoms with van der Waals surface area (Å²) in [5.41, 5.74) is 6.56. The van der Waals surface area contributed by atoms with Gasteiger partial charge >= 0.3 is 0 Å². The van der Waals surface area contributed by atoms with Gasteiger partial charge in [-0.05, 0) is 22.7 Å². The van der Waals surface area contributed by atoms with Crippen LogP contribution in [0.15, 0.2) is 54.6 Å². The molecule has 0 radical (unpaired) electrons. The molecule has 3 heteroatoms. The van der Waals surface area contributed by atoms with Crippen molar-refractivity contribution in [3.05, 3.63) is 54.6 Å². The Balaban J connectivity index is 0.00000112. The van der Waals surface area contributed by atoms with Crippen LogP contribution in [0.25, 0.3) is 0 Å². The van der Waals surface area contributed by atoms with Crippen LogP contribution < -0.4 is 16.3 Å². The molecular formula is C12H14NOP. The molecule has 1 unspecified atom stereocenters. The van der Waals surface area contributed by atoms with Crippen molar-refractivity contribution in [1.29, 1.82) is 0 Å². The van der Waals surface area contributed by atoms with E-state index in [-0.39, 0.29) is 5.48 Å². The highest BCUT2D eigenvalue weighted by atomic mass is 31.1. The first-order valence-electron chi connectivity index (χ1n) is 4.52. The minimum absolute atomic E-state index is 0. The van der Waals surface area contributed by atoms with Crippen LogP contribution in [0.5, 0.6) is 0 Å². The van der Waals surface area contributed by atoms with Crippen molar-refractivity contribution in [3.8, 4) is 0 Å². The molecule has 4 N–H and O–H groups in total. The molecule has 0 fully saturated rings. The highest BCUT2D eigenvalue weighted by Crippen LogP contribution is 2.11. The summed E-state index contributed by atoms with van der Waals surface area (Å²) in [6, 6.07) is 18.5. The van der Waals surface area contributed by atoms with Gasteiger partial charge in [-0.2, -0.15) is 0 Å². The van der Waals surface area contributed by atoms with Crippen LogP contribution in [0.2, 0.25) is 0 Å². The maximum atomic E-state index is 5.72. The molecule has 2 aromatic rings. The van der Waals surface area contributed by atoms with Crippen molar-refractivity contribution in [2.75, 3.05) is 5.73 Å². The quantitative estimate of drug-likeness (QED) is 0.596. The Morgan fingerprint density at radius 1 is 0.800 bits per heavy atom. The van der Waals surface area contributed by atoms with E-state index < -0.39 is 0 Å². The van der Waals surface area contributed by atoms with Crippen LogP contribution in [0.1, 0.15) is 0 Å². The lowest BCUT2D eigenvalue weighted by Crippen LogP contribution is -2.03. The fourth-order valence-electron chi connectivity index (χ4n) is 1.30. The van der Waals surface area contributed by atoms with Crippen molar-refractivity contribution < 1.29 is 5.48 Å². The predicted molar refractivity (Wildman–Crippen MR) is 68.5 cm³/mol. The zero-order valence-corrected chi connectivity index (χ0v) is 9.27. The van der Waals surface area contributed by atoms with Crippen LogP contribution in [0, 0.1) is 0 Å². The summed E-state index contributed by atoms with van der Waals surface area (Å²) < 4.78 is 0. The maximum absolute atomic E-state index is 5.72. The summed E-state index contributed by atoms with van der Waals surface area (Å²) in [6.45, 7) is 0. The molecule has 0 spiro atoms. The number of nitrogens with two attached hydrogens (primary N) is 1. The first kappa shape index (κ1) is 11.7. The van der Waals surface area contributed by atoms with E-state index in [1.807, 2.05) is 24.3 Å². The summed E-state index contributed by atoms with van der Waals surface area (Å²) >= 11 is 0. The van der Waals surface area contributed by atoms with Gasteiger partial charge in [-0.25, -0.2) is 0 Å². The average Bonchev–Trinajstić information content (AvgIpc) is 2.19. The second kappa shape index (κ2) is 5.50. The Kier molecular flexibility index (Phi) is 4.29. The normalized spacial score (nSPS) is 10.1. The van der Waals surface area contributed by atoms with Gasteiger partial charge in [0.15, 0.2) is 0 Å². The number of benzene rings is 2.